The zero-order chi connectivity index (χ0) is 13.4. The van der Waals surface area contributed by atoms with Crippen molar-refractivity contribution >= 4 is 0 Å². The molecule has 0 saturated heterocycles. The lowest BCUT2D eigenvalue weighted by Gasteiger charge is -2.05. The molecule has 1 unspecified atom stereocenters. The van der Waals surface area contributed by atoms with Crippen molar-refractivity contribution in [1.82, 2.24) is 0 Å². The Bertz CT molecular complexity index is 701. The van der Waals surface area contributed by atoms with Crippen LogP contribution in [-0.4, -0.2) is 5.11 Å². The smallest absolute Gasteiger partial charge is 0.193 e. The molecule has 0 amide bonds. The number of aliphatic hydroxyl groups excluding tert-OH is 1. The molecule has 0 aliphatic rings. The van der Waals surface area contributed by atoms with E-state index >= 15 is 0 Å². The van der Waals surface area contributed by atoms with Crippen LogP contribution in [0.3, 0.4) is 0 Å². The summed E-state index contributed by atoms with van der Waals surface area (Å²) < 4.78 is 0. The van der Waals surface area contributed by atoms with E-state index in [2.05, 4.69) is 0 Å². The zero-order valence-electron chi connectivity index (χ0n) is 10.6. The molecular formula is C17H14O2. The predicted molar refractivity (Wildman–Crippen MR) is 75.8 cm³/mol. The number of hydrogen-bond donors (Lipinski definition) is 1. The molecule has 3 rings (SSSR count). The van der Waals surface area contributed by atoms with Crippen molar-refractivity contribution in [2.75, 3.05) is 0 Å². The summed E-state index contributed by atoms with van der Waals surface area (Å²) in [6.07, 6.45) is -0.815. The van der Waals surface area contributed by atoms with Crippen LogP contribution in [0.4, 0.5) is 0 Å². The van der Waals surface area contributed by atoms with Crippen LogP contribution in [0.15, 0.2) is 59.4 Å². The molecule has 0 spiro atoms. The van der Waals surface area contributed by atoms with Gasteiger partial charge in [0.15, 0.2) is 5.43 Å². The van der Waals surface area contributed by atoms with Gasteiger partial charge in [0.2, 0.25) is 0 Å². The minimum atomic E-state index is -0.815. The Hall–Kier alpha value is -2.19. The van der Waals surface area contributed by atoms with E-state index in [-0.39, 0.29) is 5.43 Å². The second-order valence-corrected chi connectivity index (χ2v) is 4.80. The molecule has 0 heterocycles. The van der Waals surface area contributed by atoms with E-state index in [9.17, 15) is 9.90 Å². The second-order valence-electron chi connectivity index (χ2n) is 4.80. The average molecular weight is 250 g/mol. The van der Waals surface area contributed by atoms with Crippen LogP contribution in [0.1, 0.15) is 22.8 Å². The molecule has 2 heteroatoms. The fraction of sp³-hybridized carbons (Fsp3) is 0.118. The molecule has 0 aromatic heterocycles. The van der Waals surface area contributed by atoms with Crippen LogP contribution in [-0.2, 0) is 0 Å². The molecule has 0 aliphatic heterocycles. The minimum Gasteiger partial charge on any atom is -0.383 e. The van der Waals surface area contributed by atoms with Crippen LogP contribution in [0.25, 0.3) is 11.1 Å². The van der Waals surface area contributed by atoms with Gasteiger partial charge < -0.3 is 5.11 Å². The largest absolute Gasteiger partial charge is 0.383 e. The number of benzene rings is 2. The summed E-state index contributed by atoms with van der Waals surface area (Å²) in [4.78, 5) is 11.9. The zero-order valence-corrected chi connectivity index (χ0v) is 10.6. The van der Waals surface area contributed by atoms with Gasteiger partial charge in [-0.2, -0.15) is 0 Å². The van der Waals surface area contributed by atoms with E-state index in [1.807, 2.05) is 61.5 Å². The lowest BCUT2D eigenvalue weighted by molar-refractivity contribution is 0.223. The molecule has 0 saturated carbocycles. The van der Waals surface area contributed by atoms with Gasteiger partial charge in [-0.25, -0.2) is 0 Å². The molecule has 3 aromatic rings. The lowest BCUT2D eigenvalue weighted by atomic mass is 10.1. The van der Waals surface area contributed by atoms with Crippen molar-refractivity contribution in [2.45, 2.75) is 13.0 Å². The predicted octanol–water partition coefficient (Wildman–Crippen LogP) is 2.98. The Balaban J connectivity index is 1.93. The van der Waals surface area contributed by atoms with Gasteiger partial charge in [0, 0.05) is 11.1 Å². The first kappa shape index (κ1) is 11.9. The standard InChI is InChI=1S/C17H14O2/c1-11-7-9-12(10-8-11)14-15(17(14)19)16(18)13-5-3-2-4-6-13/h2-10,16,18H,1H3. The maximum Gasteiger partial charge on any atom is 0.193 e. The Labute approximate surface area is 111 Å². The maximum atomic E-state index is 11.9. The molecule has 0 aliphatic carbocycles. The van der Waals surface area contributed by atoms with Crippen LogP contribution >= 0.6 is 0 Å². The van der Waals surface area contributed by atoms with Gasteiger partial charge in [-0.3, -0.25) is 4.79 Å². The van der Waals surface area contributed by atoms with E-state index in [0.717, 1.165) is 16.7 Å². The van der Waals surface area contributed by atoms with Gasteiger partial charge in [-0.15, -0.1) is 0 Å². The van der Waals surface area contributed by atoms with E-state index in [0.29, 0.717) is 11.1 Å². The van der Waals surface area contributed by atoms with E-state index < -0.39 is 6.10 Å². The second kappa shape index (κ2) is 4.48. The SMILES string of the molecule is Cc1ccc(-c2c(C(O)c3ccccc3)c2=O)cc1. The van der Waals surface area contributed by atoms with Gasteiger partial charge in [-0.1, -0.05) is 60.2 Å². The normalized spacial score (nSPS) is 12.7. The van der Waals surface area contributed by atoms with Gasteiger partial charge >= 0.3 is 0 Å². The van der Waals surface area contributed by atoms with Crippen molar-refractivity contribution in [2.24, 2.45) is 0 Å². The highest BCUT2D eigenvalue weighted by atomic mass is 16.3. The number of aryl methyl sites for hydroxylation is 1. The summed E-state index contributed by atoms with van der Waals surface area (Å²) in [5, 5.41) is 10.2. The summed E-state index contributed by atoms with van der Waals surface area (Å²) in [5.74, 6) is 0. The van der Waals surface area contributed by atoms with Crippen molar-refractivity contribution < 1.29 is 5.11 Å². The minimum absolute atomic E-state index is 0.0276. The molecule has 19 heavy (non-hydrogen) atoms. The first-order chi connectivity index (χ1) is 9.18. The van der Waals surface area contributed by atoms with Crippen molar-refractivity contribution in [1.29, 1.82) is 0 Å². The van der Waals surface area contributed by atoms with Crippen LogP contribution in [0, 0.1) is 6.92 Å². The van der Waals surface area contributed by atoms with Crippen LogP contribution in [0.2, 0.25) is 0 Å². The Kier molecular flexibility index (Phi) is 2.80. The van der Waals surface area contributed by atoms with Crippen LogP contribution in [0.5, 0.6) is 0 Å². The first-order valence-corrected chi connectivity index (χ1v) is 6.27. The maximum absolute atomic E-state index is 11.9. The molecule has 94 valence electrons. The lowest BCUT2D eigenvalue weighted by Crippen LogP contribution is -1.97. The molecule has 0 fully saturated rings. The van der Waals surface area contributed by atoms with E-state index in [1.165, 1.54) is 0 Å². The van der Waals surface area contributed by atoms with Gasteiger partial charge in [-0.05, 0) is 18.1 Å². The molecule has 1 atom stereocenters. The quantitative estimate of drug-likeness (QED) is 0.776. The Morgan fingerprint density at radius 3 is 2.21 bits per heavy atom. The Morgan fingerprint density at radius 1 is 0.947 bits per heavy atom. The molecular weight excluding hydrogens is 236 g/mol. The fourth-order valence-electron chi connectivity index (χ4n) is 2.25. The van der Waals surface area contributed by atoms with E-state index in [1.54, 1.807) is 0 Å². The topological polar surface area (TPSA) is 37.3 Å². The van der Waals surface area contributed by atoms with Gasteiger partial charge in [0.05, 0.1) is 0 Å². The highest BCUT2D eigenvalue weighted by molar-refractivity contribution is 5.77. The number of rotatable bonds is 3. The summed E-state index contributed by atoms with van der Waals surface area (Å²) in [7, 11) is 0. The fourth-order valence-corrected chi connectivity index (χ4v) is 2.25. The summed E-state index contributed by atoms with van der Waals surface area (Å²) in [5.41, 5.74) is 3.96. The van der Waals surface area contributed by atoms with Gasteiger partial charge in [0.1, 0.15) is 6.10 Å². The molecule has 1 N–H and O–H groups in total. The van der Waals surface area contributed by atoms with Gasteiger partial charge in [0.25, 0.3) is 0 Å². The molecule has 2 nitrogen and oxygen atoms in total. The molecule has 0 radical (unpaired) electrons. The van der Waals surface area contributed by atoms with Crippen LogP contribution < -0.4 is 5.43 Å². The highest BCUT2D eigenvalue weighted by Crippen LogP contribution is 2.33. The number of aliphatic hydroxyl groups is 1. The van der Waals surface area contributed by atoms with Crippen molar-refractivity contribution in [3.8, 4) is 11.1 Å². The highest BCUT2D eigenvalue weighted by Gasteiger charge is 2.30. The third-order valence-corrected chi connectivity index (χ3v) is 3.41. The summed E-state index contributed by atoms with van der Waals surface area (Å²) >= 11 is 0. The Morgan fingerprint density at radius 2 is 1.58 bits per heavy atom. The molecule has 0 bridgehead atoms. The third kappa shape index (κ3) is 2.11. The average Bonchev–Trinajstić information content (AvgIpc) is 3.11. The monoisotopic (exact) mass is 250 g/mol. The molecule has 3 aromatic carbocycles. The summed E-state index contributed by atoms with van der Waals surface area (Å²) in [6.45, 7) is 2.01. The van der Waals surface area contributed by atoms with E-state index in [4.69, 9.17) is 0 Å². The number of hydrogen-bond acceptors (Lipinski definition) is 2. The van der Waals surface area contributed by atoms with Crippen molar-refractivity contribution in [3.63, 3.8) is 0 Å². The summed E-state index contributed by atoms with van der Waals surface area (Å²) in [6, 6.07) is 17.1. The first-order valence-electron chi connectivity index (χ1n) is 6.27. The third-order valence-electron chi connectivity index (χ3n) is 3.41. The van der Waals surface area contributed by atoms with Crippen molar-refractivity contribution in [3.05, 3.63) is 81.5 Å².